The van der Waals surface area contributed by atoms with Gasteiger partial charge in [-0.2, -0.15) is 0 Å². The maximum atomic E-state index is 4.53. The van der Waals surface area contributed by atoms with Gasteiger partial charge in [-0.15, -0.1) is 11.3 Å². The first kappa shape index (κ1) is 13.6. The molecule has 1 fully saturated rings. The lowest BCUT2D eigenvalue weighted by Gasteiger charge is -2.15. The van der Waals surface area contributed by atoms with Crippen LogP contribution in [0.3, 0.4) is 0 Å². The summed E-state index contributed by atoms with van der Waals surface area (Å²) in [5.74, 6) is 0. The molecule has 3 nitrogen and oxygen atoms in total. The zero-order valence-electron chi connectivity index (χ0n) is 12.1. The van der Waals surface area contributed by atoms with E-state index in [1.165, 1.54) is 28.8 Å². The second-order valence-corrected chi connectivity index (χ2v) is 6.70. The Hall–Kier alpha value is -1.39. The quantitative estimate of drug-likeness (QED) is 0.883. The molecule has 1 heterocycles. The summed E-state index contributed by atoms with van der Waals surface area (Å²) in [7, 11) is 2.11. The Kier molecular flexibility index (Phi) is 4.03. The molecule has 2 aromatic rings. The fraction of sp³-hybridized carbons (Fsp3) is 0.438. The van der Waals surface area contributed by atoms with Crippen molar-refractivity contribution in [2.24, 2.45) is 0 Å². The Morgan fingerprint density at radius 3 is 2.75 bits per heavy atom. The molecule has 0 spiro atoms. The van der Waals surface area contributed by atoms with Crippen LogP contribution in [0, 0.1) is 6.92 Å². The van der Waals surface area contributed by atoms with Crippen LogP contribution in [-0.4, -0.2) is 18.1 Å². The van der Waals surface area contributed by atoms with Crippen molar-refractivity contribution in [1.82, 2.24) is 10.3 Å². The zero-order chi connectivity index (χ0) is 13.9. The van der Waals surface area contributed by atoms with Crippen molar-refractivity contribution in [2.75, 3.05) is 11.9 Å². The number of aryl methyl sites for hydroxylation is 1. The smallest absolute Gasteiger partial charge is 0.185 e. The third kappa shape index (κ3) is 3.58. The normalized spacial score (nSPS) is 14.5. The number of nitrogens with zero attached hydrogens (tertiary/aromatic N) is 2. The summed E-state index contributed by atoms with van der Waals surface area (Å²) in [4.78, 5) is 8.07. The average Bonchev–Trinajstić information content (AvgIpc) is 3.15. The highest BCUT2D eigenvalue weighted by Crippen LogP contribution is 2.25. The number of anilines is 1. The molecule has 1 aliphatic carbocycles. The van der Waals surface area contributed by atoms with Gasteiger partial charge in [-0.1, -0.05) is 29.8 Å². The lowest BCUT2D eigenvalue weighted by atomic mass is 10.1. The first-order valence-corrected chi connectivity index (χ1v) is 7.97. The minimum Gasteiger partial charge on any atom is -0.347 e. The molecule has 0 saturated heterocycles. The van der Waals surface area contributed by atoms with Crippen LogP contribution in [0.1, 0.15) is 28.8 Å². The van der Waals surface area contributed by atoms with E-state index in [9.17, 15) is 0 Å². The van der Waals surface area contributed by atoms with Gasteiger partial charge in [-0.3, -0.25) is 0 Å². The second-order valence-electron chi connectivity index (χ2n) is 5.61. The van der Waals surface area contributed by atoms with E-state index in [-0.39, 0.29) is 0 Å². The van der Waals surface area contributed by atoms with Crippen molar-refractivity contribution in [3.8, 4) is 0 Å². The fourth-order valence-electron chi connectivity index (χ4n) is 2.12. The lowest BCUT2D eigenvalue weighted by molar-refractivity contribution is 0.694. The number of rotatable bonds is 6. The van der Waals surface area contributed by atoms with E-state index in [2.05, 4.69) is 53.4 Å². The van der Waals surface area contributed by atoms with E-state index in [0.29, 0.717) is 0 Å². The monoisotopic (exact) mass is 287 g/mol. The van der Waals surface area contributed by atoms with Gasteiger partial charge < -0.3 is 10.2 Å². The van der Waals surface area contributed by atoms with Gasteiger partial charge in [0.2, 0.25) is 0 Å². The predicted octanol–water partition coefficient (Wildman–Crippen LogP) is 3.34. The third-order valence-electron chi connectivity index (χ3n) is 3.55. The van der Waals surface area contributed by atoms with Crippen LogP contribution >= 0.6 is 11.3 Å². The molecule has 0 atom stereocenters. The van der Waals surface area contributed by atoms with Crippen LogP contribution in [0.4, 0.5) is 5.13 Å². The summed E-state index contributed by atoms with van der Waals surface area (Å²) in [6, 6.07) is 9.46. The van der Waals surface area contributed by atoms with E-state index >= 15 is 0 Å². The van der Waals surface area contributed by atoms with E-state index in [1.807, 2.05) is 6.20 Å². The Balaban J connectivity index is 1.58. The van der Waals surface area contributed by atoms with E-state index < -0.39 is 0 Å². The van der Waals surface area contributed by atoms with Crippen molar-refractivity contribution in [3.63, 3.8) is 0 Å². The average molecular weight is 287 g/mol. The molecule has 0 aliphatic heterocycles. The van der Waals surface area contributed by atoms with Gasteiger partial charge in [0.25, 0.3) is 0 Å². The predicted molar refractivity (Wildman–Crippen MR) is 85.3 cm³/mol. The molecule has 0 amide bonds. The summed E-state index contributed by atoms with van der Waals surface area (Å²) in [6.45, 7) is 3.98. The van der Waals surface area contributed by atoms with E-state index in [1.54, 1.807) is 11.3 Å². The molecule has 0 bridgehead atoms. The highest BCUT2D eigenvalue weighted by Gasteiger charge is 2.20. The minimum absolute atomic E-state index is 0.755. The molecule has 1 N–H and O–H groups in total. The molecular formula is C16H21N3S. The fourth-order valence-corrected chi connectivity index (χ4v) is 2.94. The van der Waals surface area contributed by atoms with Gasteiger partial charge in [-0.25, -0.2) is 4.98 Å². The summed E-state index contributed by atoms with van der Waals surface area (Å²) in [5, 5.41) is 4.63. The molecule has 1 aromatic carbocycles. The van der Waals surface area contributed by atoms with Crippen molar-refractivity contribution in [3.05, 3.63) is 46.5 Å². The second kappa shape index (κ2) is 5.94. The Morgan fingerprint density at radius 1 is 1.30 bits per heavy atom. The van der Waals surface area contributed by atoms with Crippen molar-refractivity contribution >= 4 is 16.5 Å². The van der Waals surface area contributed by atoms with Crippen LogP contribution in [0.15, 0.2) is 30.5 Å². The van der Waals surface area contributed by atoms with Gasteiger partial charge in [0.15, 0.2) is 5.13 Å². The SMILES string of the molecule is Cc1ccc(CN(C)c2ncc(CNC3CC3)s2)cc1. The molecule has 1 aliphatic rings. The number of nitrogens with one attached hydrogen (secondary N) is 1. The van der Waals surface area contributed by atoms with Crippen LogP contribution in [0.2, 0.25) is 0 Å². The molecule has 106 valence electrons. The molecule has 1 aromatic heterocycles. The lowest BCUT2D eigenvalue weighted by Crippen LogP contribution is -2.16. The Bertz CT molecular complexity index is 557. The summed E-state index contributed by atoms with van der Waals surface area (Å²) in [6.07, 6.45) is 4.67. The molecule has 4 heteroatoms. The number of aromatic nitrogens is 1. The van der Waals surface area contributed by atoms with Crippen LogP contribution in [0.5, 0.6) is 0 Å². The molecule has 1 saturated carbocycles. The summed E-state index contributed by atoms with van der Waals surface area (Å²) in [5.41, 5.74) is 2.63. The van der Waals surface area contributed by atoms with Crippen LogP contribution in [0.25, 0.3) is 0 Å². The van der Waals surface area contributed by atoms with Gasteiger partial charge in [0.05, 0.1) is 0 Å². The van der Waals surface area contributed by atoms with Crippen molar-refractivity contribution < 1.29 is 0 Å². The summed E-state index contributed by atoms with van der Waals surface area (Å²) < 4.78 is 0. The Labute approximate surface area is 124 Å². The molecule has 20 heavy (non-hydrogen) atoms. The van der Waals surface area contributed by atoms with Gasteiger partial charge >= 0.3 is 0 Å². The maximum Gasteiger partial charge on any atom is 0.185 e. The first-order chi connectivity index (χ1) is 9.70. The van der Waals surface area contributed by atoms with E-state index in [0.717, 1.165) is 24.3 Å². The Morgan fingerprint density at radius 2 is 2.05 bits per heavy atom. The minimum atomic E-state index is 0.755. The molecule has 0 unspecified atom stereocenters. The molecule has 0 radical (unpaired) electrons. The first-order valence-electron chi connectivity index (χ1n) is 7.15. The number of hydrogen-bond acceptors (Lipinski definition) is 4. The van der Waals surface area contributed by atoms with Crippen molar-refractivity contribution in [2.45, 2.75) is 38.9 Å². The summed E-state index contributed by atoms with van der Waals surface area (Å²) >= 11 is 1.79. The molecular weight excluding hydrogens is 266 g/mol. The van der Waals surface area contributed by atoms with Gasteiger partial charge in [0.1, 0.15) is 0 Å². The topological polar surface area (TPSA) is 28.2 Å². The highest BCUT2D eigenvalue weighted by molar-refractivity contribution is 7.15. The van der Waals surface area contributed by atoms with Gasteiger partial charge in [-0.05, 0) is 25.3 Å². The largest absolute Gasteiger partial charge is 0.347 e. The maximum absolute atomic E-state index is 4.53. The molecule has 3 rings (SSSR count). The third-order valence-corrected chi connectivity index (χ3v) is 4.66. The van der Waals surface area contributed by atoms with E-state index in [4.69, 9.17) is 0 Å². The van der Waals surface area contributed by atoms with Crippen LogP contribution < -0.4 is 10.2 Å². The highest BCUT2D eigenvalue weighted by atomic mass is 32.1. The standard InChI is InChI=1S/C16H21N3S/c1-12-3-5-13(6-4-12)11-19(2)16-18-10-15(20-16)9-17-14-7-8-14/h3-6,10,14,17H,7-9,11H2,1-2H3. The number of benzene rings is 1. The number of hydrogen-bond donors (Lipinski definition) is 1. The number of thiazole rings is 1. The van der Waals surface area contributed by atoms with Gasteiger partial charge in [0, 0.05) is 37.3 Å². The van der Waals surface area contributed by atoms with Crippen molar-refractivity contribution in [1.29, 1.82) is 0 Å². The zero-order valence-corrected chi connectivity index (χ0v) is 12.9. The van der Waals surface area contributed by atoms with Crippen LogP contribution in [-0.2, 0) is 13.1 Å².